The summed E-state index contributed by atoms with van der Waals surface area (Å²) in [5, 5.41) is 0. The molecule has 0 aromatic heterocycles. The van der Waals surface area contributed by atoms with E-state index in [1.807, 2.05) is 12.1 Å². The monoisotopic (exact) mass is 238 g/mol. The lowest BCUT2D eigenvalue weighted by Crippen LogP contribution is -2.06. The van der Waals surface area contributed by atoms with E-state index in [-0.39, 0.29) is 0 Å². The highest BCUT2D eigenvalue weighted by atomic mass is 16.5. The van der Waals surface area contributed by atoms with E-state index in [1.165, 1.54) is 5.56 Å². The van der Waals surface area contributed by atoms with Crippen molar-refractivity contribution in [3.63, 3.8) is 0 Å². The van der Waals surface area contributed by atoms with E-state index in [0.717, 1.165) is 31.8 Å². The third-order valence-corrected chi connectivity index (χ3v) is 2.93. The van der Waals surface area contributed by atoms with Gasteiger partial charge in [-0.05, 0) is 36.5 Å². The van der Waals surface area contributed by atoms with Crippen molar-refractivity contribution in [2.24, 2.45) is 0 Å². The van der Waals surface area contributed by atoms with Gasteiger partial charge in [0.2, 0.25) is 0 Å². The van der Waals surface area contributed by atoms with Gasteiger partial charge in [0.1, 0.15) is 5.75 Å². The van der Waals surface area contributed by atoms with Crippen molar-refractivity contribution < 1.29 is 14.2 Å². The predicted molar refractivity (Wildman–Crippen MR) is 68.7 cm³/mol. The molecule has 0 saturated heterocycles. The molecule has 3 nitrogen and oxygen atoms in total. The molecule has 0 N–H and O–H groups in total. The molecule has 17 heavy (non-hydrogen) atoms. The highest BCUT2D eigenvalue weighted by Gasteiger charge is 2.11. The van der Waals surface area contributed by atoms with Gasteiger partial charge in [-0.1, -0.05) is 12.1 Å². The molecule has 0 aliphatic heterocycles. The molecule has 0 amide bonds. The Morgan fingerprint density at radius 2 is 1.41 bits per heavy atom. The second-order valence-electron chi connectivity index (χ2n) is 4.03. The summed E-state index contributed by atoms with van der Waals surface area (Å²) in [4.78, 5) is 0. The number of benzene rings is 1. The normalized spacial score (nSPS) is 10.8. The fourth-order valence-corrected chi connectivity index (χ4v) is 1.87. The molecule has 0 heterocycles. The van der Waals surface area contributed by atoms with Crippen LogP contribution in [0.25, 0.3) is 0 Å². The minimum Gasteiger partial charge on any atom is -0.497 e. The van der Waals surface area contributed by atoms with Gasteiger partial charge in [-0.2, -0.15) is 0 Å². The molecule has 0 aliphatic rings. The van der Waals surface area contributed by atoms with Gasteiger partial charge in [0.25, 0.3) is 0 Å². The van der Waals surface area contributed by atoms with Crippen molar-refractivity contribution in [2.75, 3.05) is 34.5 Å². The second kappa shape index (κ2) is 8.09. The fourth-order valence-electron chi connectivity index (χ4n) is 1.87. The van der Waals surface area contributed by atoms with Gasteiger partial charge in [0, 0.05) is 27.4 Å². The number of ether oxygens (including phenoxy) is 3. The molecule has 1 aromatic carbocycles. The Labute approximate surface area is 104 Å². The van der Waals surface area contributed by atoms with Crippen molar-refractivity contribution in [1.82, 2.24) is 0 Å². The topological polar surface area (TPSA) is 27.7 Å². The molecule has 0 fully saturated rings. The minimum atomic E-state index is 0.487. The lowest BCUT2D eigenvalue weighted by molar-refractivity contribution is 0.163. The van der Waals surface area contributed by atoms with E-state index in [0.29, 0.717) is 5.92 Å². The van der Waals surface area contributed by atoms with Gasteiger partial charge in [-0.3, -0.25) is 0 Å². The summed E-state index contributed by atoms with van der Waals surface area (Å²) in [5.74, 6) is 1.38. The van der Waals surface area contributed by atoms with Crippen LogP contribution in [0.5, 0.6) is 5.75 Å². The number of rotatable bonds is 8. The summed E-state index contributed by atoms with van der Waals surface area (Å²) in [7, 11) is 5.16. The Balaban J connectivity index is 2.65. The average molecular weight is 238 g/mol. The maximum atomic E-state index is 5.16. The lowest BCUT2D eigenvalue weighted by Gasteiger charge is -2.17. The summed E-state index contributed by atoms with van der Waals surface area (Å²) in [6.07, 6.45) is 2.04. The maximum absolute atomic E-state index is 5.16. The van der Waals surface area contributed by atoms with Crippen molar-refractivity contribution in [3.8, 4) is 5.75 Å². The van der Waals surface area contributed by atoms with Crippen LogP contribution < -0.4 is 4.74 Å². The van der Waals surface area contributed by atoms with Crippen LogP contribution in [0.1, 0.15) is 24.3 Å². The average Bonchev–Trinajstić information content (AvgIpc) is 2.39. The summed E-state index contributed by atoms with van der Waals surface area (Å²) in [6, 6.07) is 8.24. The third kappa shape index (κ3) is 4.75. The van der Waals surface area contributed by atoms with Gasteiger partial charge in [-0.25, -0.2) is 0 Å². The van der Waals surface area contributed by atoms with E-state index in [4.69, 9.17) is 14.2 Å². The van der Waals surface area contributed by atoms with Crippen LogP contribution in [0, 0.1) is 0 Å². The van der Waals surface area contributed by atoms with Crippen LogP contribution >= 0.6 is 0 Å². The van der Waals surface area contributed by atoms with Gasteiger partial charge < -0.3 is 14.2 Å². The van der Waals surface area contributed by atoms with Gasteiger partial charge in [-0.15, -0.1) is 0 Å². The standard InChI is InChI=1S/C14H22O3/c1-15-10-8-13(9-11-16-2)12-4-6-14(17-3)7-5-12/h4-7,13H,8-11H2,1-3H3. The molecule has 0 unspecified atom stereocenters. The van der Waals surface area contributed by atoms with Crippen molar-refractivity contribution >= 4 is 0 Å². The molecule has 0 bridgehead atoms. The van der Waals surface area contributed by atoms with Crippen molar-refractivity contribution in [3.05, 3.63) is 29.8 Å². The fraction of sp³-hybridized carbons (Fsp3) is 0.571. The van der Waals surface area contributed by atoms with Gasteiger partial charge in [0.15, 0.2) is 0 Å². The van der Waals surface area contributed by atoms with Gasteiger partial charge in [0.05, 0.1) is 7.11 Å². The minimum absolute atomic E-state index is 0.487. The van der Waals surface area contributed by atoms with E-state index < -0.39 is 0 Å². The van der Waals surface area contributed by atoms with E-state index in [2.05, 4.69) is 12.1 Å². The Morgan fingerprint density at radius 3 is 1.82 bits per heavy atom. The zero-order chi connectivity index (χ0) is 12.5. The lowest BCUT2D eigenvalue weighted by atomic mass is 9.93. The Bertz CT molecular complexity index is 287. The number of hydrogen-bond acceptors (Lipinski definition) is 3. The first kappa shape index (κ1) is 14.0. The summed E-state index contributed by atoms with van der Waals surface area (Å²) >= 11 is 0. The van der Waals surface area contributed by atoms with Crippen molar-refractivity contribution in [2.45, 2.75) is 18.8 Å². The van der Waals surface area contributed by atoms with Crippen molar-refractivity contribution in [1.29, 1.82) is 0 Å². The molecule has 96 valence electrons. The smallest absolute Gasteiger partial charge is 0.118 e. The molecular formula is C14H22O3. The van der Waals surface area contributed by atoms with Crippen LogP contribution in [0.15, 0.2) is 24.3 Å². The molecule has 0 radical (unpaired) electrons. The van der Waals surface area contributed by atoms with Gasteiger partial charge >= 0.3 is 0 Å². The Hall–Kier alpha value is -1.06. The van der Waals surface area contributed by atoms with Crippen LogP contribution in [0.4, 0.5) is 0 Å². The van der Waals surface area contributed by atoms with Crippen LogP contribution in [0.2, 0.25) is 0 Å². The van der Waals surface area contributed by atoms with Crippen LogP contribution in [0.3, 0.4) is 0 Å². The Morgan fingerprint density at radius 1 is 0.882 bits per heavy atom. The third-order valence-electron chi connectivity index (χ3n) is 2.93. The number of methoxy groups -OCH3 is 3. The van der Waals surface area contributed by atoms with E-state index >= 15 is 0 Å². The first-order chi connectivity index (χ1) is 8.31. The molecule has 1 aromatic rings. The first-order valence-electron chi connectivity index (χ1n) is 5.93. The zero-order valence-electron chi connectivity index (χ0n) is 10.9. The predicted octanol–water partition coefficient (Wildman–Crippen LogP) is 2.85. The summed E-state index contributed by atoms with van der Waals surface area (Å²) in [6.45, 7) is 1.56. The first-order valence-corrected chi connectivity index (χ1v) is 5.93. The molecule has 3 heteroatoms. The molecule has 0 spiro atoms. The Kier molecular flexibility index (Phi) is 6.67. The quantitative estimate of drug-likeness (QED) is 0.697. The molecule has 1 rings (SSSR count). The van der Waals surface area contributed by atoms with Crippen LogP contribution in [-0.4, -0.2) is 34.5 Å². The maximum Gasteiger partial charge on any atom is 0.118 e. The second-order valence-corrected chi connectivity index (χ2v) is 4.03. The summed E-state index contributed by atoms with van der Waals surface area (Å²) in [5.41, 5.74) is 1.32. The zero-order valence-corrected chi connectivity index (χ0v) is 10.9. The van der Waals surface area contributed by atoms with E-state index in [1.54, 1.807) is 21.3 Å². The molecule has 0 aliphatic carbocycles. The van der Waals surface area contributed by atoms with Crippen LogP contribution in [-0.2, 0) is 9.47 Å². The highest BCUT2D eigenvalue weighted by Crippen LogP contribution is 2.25. The van der Waals surface area contributed by atoms with E-state index in [9.17, 15) is 0 Å². The molecular weight excluding hydrogens is 216 g/mol. The summed E-state index contributed by atoms with van der Waals surface area (Å²) < 4.78 is 15.5. The highest BCUT2D eigenvalue weighted by molar-refractivity contribution is 5.29. The molecule has 0 saturated carbocycles. The molecule has 0 atom stereocenters. The largest absolute Gasteiger partial charge is 0.497 e. The SMILES string of the molecule is COCCC(CCOC)c1ccc(OC)cc1. The number of hydrogen-bond donors (Lipinski definition) is 0.